The SMILES string of the molecule is CC[NH+]1CCN(c2nc(-c3ccccc3Cl)nc3ccccc23)CC1.[Cl-]. The van der Waals surface area contributed by atoms with Gasteiger partial charge in [0.15, 0.2) is 5.82 Å². The largest absolute Gasteiger partial charge is 1.00 e. The number of aromatic nitrogens is 2. The summed E-state index contributed by atoms with van der Waals surface area (Å²) in [5.74, 6) is 1.72. The van der Waals surface area contributed by atoms with Crippen molar-refractivity contribution in [1.29, 1.82) is 0 Å². The van der Waals surface area contributed by atoms with Crippen LogP contribution < -0.4 is 22.2 Å². The highest BCUT2D eigenvalue weighted by atomic mass is 35.5. The first kappa shape index (κ1) is 18.9. The molecule has 2 heterocycles. The van der Waals surface area contributed by atoms with Crippen molar-refractivity contribution in [1.82, 2.24) is 9.97 Å². The van der Waals surface area contributed by atoms with Crippen LogP contribution in [-0.2, 0) is 0 Å². The van der Waals surface area contributed by atoms with E-state index in [1.54, 1.807) is 4.90 Å². The molecular formula is C20H22Cl2N4. The quantitative estimate of drug-likeness (QED) is 0.667. The van der Waals surface area contributed by atoms with Crippen LogP contribution in [0.15, 0.2) is 48.5 Å². The molecule has 0 amide bonds. The van der Waals surface area contributed by atoms with E-state index >= 15 is 0 Å². The van der Waals surface area contributed by atoms with Crippen molar-refractivity contribution in [3.8, 4) is 11.4 Å². The molecule has 0 saturated carbocycles. The molecular weight excluding hydrogens is 367 g/mol. The van der Waals surface area contributed by atoms with E-state index in [9.17, 15) is 0 Å². The molecule has 0 unspecified atom stereocenters. The first-order valence-electron chi connectivity index (χ1n) is 8.86. The van der Waals surface area contributed by atoms with E-state index in [4.69, 9.17) is 21.6 Å². The molecule has 1 saturated heterocycles. The Bertz CT molecular complexity index is 892. The summed E-state index contributed by atoms with van der Waals surface area (Å²) < 4.78 is 0. The molecule has 1 aliphatic rings. The molecule has 0 aliphatic carbocycles. The monoisotopic (exact) mass is 388 g/mol. The van der Waals surface area contributed by atoms with Gasteiger partial charge in [0.2, 0.25) is 0 Å². The van der Waals surface area contributed by atoms with Crippen LogP contribution in [0.5, 0.6) is 0 Å². The predicted octanol–water partition coefficient (Wildman–Crippen LogP) is -0.321. The number of para-hydroxylation sites is 1. The van der Waals surface area contributed by atoms with Gasteiger partial charge in [-0.2, -0.15) is 0 Å². The molecule has 3 aromatic rings. The zero-order valence-corrected chi connectivity index (χ0v) is 16.3. The number of hydrogen-bond donors (Lipinski definition) is 1. The normalized spacial score (nSPS) is 15.1. The van der Waals surface area contributed by atoms with Gasteiger partial charge in [0.05, 0.1) is 43.3 Å². The van der Waals surface area contributed by atoms with Gasteiger partial charge in [-0.1, -0.05) is 35.9 Å². The van der Waals surface area contributed by atoms with E-state index < -0.39 is 0 Å². The number of nitrogens with zero attached hydrogens (tertiary/aromatic N) is 3. The van der Waals surface area contributed by atoms with Crippen molar-refractivity contribution in [2.24, 2.45) is 0 Å². The number of quaternary nitrogens is 1. The van der Waals surface area contributed by atoms with Gasteiger partial charge in [-0.3, -0.25) is 0 Å². The van der Waals surface area contributed by atoms with Crippen molar-refractivity contribution < 1.29 is 17.3 Å². The summed E-state index contributed by atoms with van der Waals surface area (Å²) in [5.41, 5.74) is 1.85. The fraction of sp³-hybridized carbons (Fsp3) is 0.300. The second-order valence-corrected chi connectivity index (χ2v) is 6.87. The van der Waals surface area contributed by atoms with Crippen LogP contribution in [0.3, 0.4) is 0 Å². The highest BCUT2D eigenvalue weighted by Crippen LogP contribution is 2.30. The molecule has 2 aromatic carbocycles. The molecule has 136 valence electrons. The predicted molar refractivity (Wildman–Crippen MR) is 103 cm³/mol. The summed E-state index contributed by atoms with van der Waals surface area (Å²) in [5, 5.41) is 1.79. The van der Waals surface area contributed by atoms with Crippen LogP contribution >= 0.6 is 11.6 Å². The van der Waals surface area contributed by atoms with E-state index in [1.165, 1.54) is 6.54 Å². The highest BCUT2D eigenvalue weighted by Gasteiger charge is 2.22. The molecule has 1 N–H and O–H groups in total. The molecule has 26 heavy (non-hydrogen) atoms. The maximum Gasteiger partial charge on any atom is 0.163 e. The Labute approximate surface area is 165 Å². The molecule has 1 fully saturated rings. The highest BCUT2D eigenvalue weighted by molar-refractivity contribution is 6.33. The fourth-order valence-corrected chi connectivity index (χ4v) is 3.67. The average molecular weight is 389 g/mol. The Hall–Kier alpha value is -1.88. The van der Waals surface area contributed by atoms with Gasteiger partial charge >= 0.3 is 0 Å². The third kappa shape index (κ3) is 3.63. The van der Waals surface area contributed by atoms with Crippen molar-refractivity contribution in [2.45, 2.75) is 6.92 Å². The van der Waals surface area contributed by atoms with E-state index in [1.807, 2.05) is 30.3 Å². The van der Waals surface area contributed by atoms with Crippen LogP contribution in [0.1, 0.15) is 6.92 Å². The molecule has 0 atom stereocenters. The van der Waals surface area contributed by atoms with E-state index in [2.05, 4.69) is 30.0 Å². The maximum atomic E-state index is 6.39. The van der Waals surface area contributed by atoms with Crippen molar-refractivity contribution in [3.05, 3.63) is 53.6 Å². The van der Waals surface area contributed by atoms with Crippen molar-refractivity contribution in [3.63, 3.8) is 0 Å². The van der Waals surface area contributed by atoms with Crippen LogP contribution in [0, 0.1) is 0 Å². The Morgan fingerprint density at radius 3 is 2.42 bits per heavy atom. The van der Waals surface area contributed by atoms with E-state index in [0.29, 0.717) is 10.8 Å². The minimum Gasteiger partial charge on any atom is -1.00 e. The summed E-state index contributed by atoms with van der Waals surface area (Å²) in [6.07, 6.45) is 0. The second-order valence-electron chi connectivity index (χ2n) is 6.46. The number of hydrogen-bond acceptors (Lipinski definition) is 3. The Kier molecular flexibility index (Phi) is 5.97. The number of anilines is 1. The zero-order valence-electron chi connectivity index (χ0n) is 14.8. The number of fused-ring (bicyclic) bond motifs is 1. The van der Waals surface area contributed by atoms with Crippen LogP contribution in [-0.4, -0.2) is 42.7 Å². The number of benzene rings is 2. The van der Waals surface area contributed by atoms with E-state index in [-0.39, 0.29) is 12.4 Å². The third-order valence-corrected chi connectivity index (χ3v) is 5.30. The summed E-state index contributed by atoms with van der Waals surface area (Å²) in [7, 11) is 0. The molecule has 0 radical (unpaired) electrons. The van der Waals surface area contributed by atoms with Crippen molar-refractivity contribution in [2.75, 3.05) is 37.6 Å². The lowest BCUT2D eigenvalue weighted by atomic mass is 10.1. The minimum atomic E-state index is 0. The lowest BCUT2D eigenvalue weighted by molar-refractivity contribution is -0.898. The fourth-order valence-electron chi connectivity index (χ4n) is 3.45. The van der Waals surface area contributed by atoms with Gasteiger partial charge in [0.1, 0.15) is 5.82 Å². The summed E-state index contributed by atoms with van der Waals surface area (Å²) in [6, 6.07) is 16.0. The smallest absolute Gasteiger partial charge is 0.163 e. The molecule has 0 spiro atoms. The number of piperazine rings is 1. The molecule has 6 heteroatoms. The number of halogens is 2. The zero-order chi connectivity index (χ0) is 17.2. The van der Waals surface area contributed by atoms with Gasteiger partial charge in [-0.05, 0) is 31.2 Å². The Morgan fingerprint density at radius 2 is 1.69 bits per heavy atom. The third-order valence-electron chi connectivity index (χ3n) is 4.97. The Morgan fingerprint density at radius 1 is 1.00 bits per heavy atom. The summed E-state index contributed by atoms with van der Waals surface area (Å²) in [4.78, 5) is 13.7. The van der Waals surface area contributed by atoms with Crippen molar-refractivity contribution >= 4 is 28.3 Å². The molecule has 0 bridgehead atoms. The van der Waals surface area contributed by atoms with Gasteiger partial charge in [-0.25, -0.2) is 9.97 Å². The number of likely N-dealkylation sites (N-methyl/N-ethyl adjacent to an activating group) is 1. The van der Waals surface area contributed by atoms with E-state index in [0.717, 1.165) is 48.5 Å². The van der Waals surface area contributed by atoms with Gasteiger partial charge in [-0.15, -0.1) is 0 Å². The molecule has 1 aliphatic heterocycles. The topological polar surface area (TPSA) is 33.5 Å². The van der Waals surface area contributed by atoms with Crippen LogP contribution in [0.4, 0.5) is 5.82 Å². The molecule has 4 rings (SSSR count). The molecule has 4 nitrogen and oxygen atoms in total. The van der Waals surface area contributed by atoms with Crippen LogP contribution in [0.25, 0.3) is 22.3 Å². The minimum absolute atomic E-state index is 0. The maximum absolute atomic E-state index is 6.39. The van der Waals surface area contributed by atoms with Gasteiger partial charge in [0.25, 0.3) is 0 Å². The second kappa shape index (κ2) is 8.21. The van der Waals surface area contributed by atoms with Gasteiger partial charge in [0, 0.05) is 10.9 Å². The Balaban J connectivity index is 0.00000196. The number of rotatable bonds is 3. The first-order valence-corrected chi connectivity index (χ1v) is 9.24. The average Bonchev–Trinajstić information content (AvgIpc) is 2.67. The first-order chi connectivity index (χ1) is 12.3. The number of nitrogens with one attached hydrogen (secondary N) is 1. The lowest BCUT2D eigenvalue weighted by Crippen LogP contribution is -3.14. The standard InChI is InChI=1S/C20H21ClN4.ClH/c1-2-24-11-13-25(14-12-24)20-16-8-4-6-10-18(16)22-19(23-20)15-7-3-5-9-17(15)21;/h3-10H,2,11-14H2,1H3;1H. The van der Waals surface area contributed by atoms with Crippen LogP contribution in [0.2, 0.25) is 5.02 Å². The molecule has 1 aromatic heterocycles. The van der Waals surface area contributed by atoms with Gasteiger partial charge < -0.3 is 22.2 Å². The lowest BCUT2D eigenvalue weighted by Gasteiger charge is -2.33. The summed E-state index contributed by atoms with van der Waals surface area (Å²) in [6.45, 7) is 7.77. The summed E-state index contributed by atoms with van der Waals surface area (Å²) >= 11 is 6.39.